The van der Waals surface area contributed by atoms with Gasteiger partial charge in [-0.05, 0) is 43.3 Å². The average Bonchev–Trinajstić information content (AvgIpc) is 2.68. The fourth-order valence-corrected chi connectivity index (χ4v) is 3.77. The highest BCUT2D eigenvalue weighted by molar-refractivity contribution is 7.92. The van der Waals surface area contributed by atoms with Gasteiger partial charge in [0, 0.05) is 11.8 Å². The minimum absolute atomic E-state index is 0. The Kier molecular flexibility index (Phi) is 7.73. The van der Waals surface area contributed by atoms with Gasteiger partial charge in [0.15, 0.2) is 12.4 Å². The molecule has 0 atom stereocenters. The number of carbonyl (C=O) groups excluding carboxylic acids is 2. The molecule has 31 heavy (non-hydrogen) atoms. The van der Waals surface area contributed by atoms with Crippen molar-refractivity contribution >= 4 is 33.2 Å². The molecule has 0 aliphatic carbocycles. The Labute approximate surface area is 186 Å². The Morgan fingerprint density at radius 3 is 2.35 bits per heavy atom. The molecule has 0 aliphatic heterocycles. The summed E-state index contributed by atoms with van der Waals surface area (Å²) in [5.41, 5.74) is 7.23. The Morgan fingerprint density at radius 2 is 1.68 bits per heavy atom. The third-order valence-electron chi connectivity index (χ3n) is 4.20. The van der Waals surface area contributed by atoms with Crippen molar-refractivity contribution < 1.29 is 35.0 Å². The first-order valence-corrected chi connectivity index (χ1v) is 10.5. The number of nitrogens with one attached hydrogen (secondary N) is 2. The van der Waals surface area contributed by atoms with E-state index in [-0.39, 0.29) is 35.3 Å². The lowest BCUT2D eigenvalue weighted by Crippen LogP contribution is -3.00. The van der Waals surface area contributed by atoms with E-state index >= 15 is 0 Å². The number of aromatic nitrogens is 1. The van der Waals surface area contributed by atoms with Gasteiger partial charge in [0.2, 0.25) is 6.54 Å². The van der Waals surface area contributed by atoms with Crippen molar-refractivity contribution in [2.24, 2.45) is 5.73 Å². The van der Waals surface area contributed by atoms with E-state index in [0.717, 1.165) is 5.56 Å². The lowest BCUT2D eigenvalue weighted by molar-refractivity contribution is -0.684. The van der Waals surface area contributed by atoms with Crippen LogP contribution in [0.2, 0.25) is 0 Å². The quantitative estimate of drug-likeness (QED) is 0.384. The molecule has 2 aromatic carbocycles. The molecule has 10 heteroatoms. The summed E-state index contributed by atoms with van der Waals surface area (Å²) in [7, 11) is -3.75. The molecule has 0 spiro atoms. The first-order valence-electron chi connectivity index (χ1n) is 9.01. The van der Waals surface area contributed by atoms with Gasteiger partial charge in [0.05, 0.1) is 10.6 Å². The molecule has 0 fully saturated rings. The van der Waals surface area contributed by atoms with E-state index in [9.17, 15) is 18.0 Å². The molecular weight excluding hydrogens is 440 g/mol. The maximum Gasteiger partial charge on any atom is 0.290 e. The number of sulfonamides is 1. The molecule has 0 unspecified atom stereocenters. The molecule has 8 nitrogen and oxygen atoms in total. The van der Waals surface area contributed by atoms with Crippen LogP contribution in [0.15, 0.2) is 78.0 Å². The Balaban J connectivity index is 0.00000341. The smallest absolute Gasteiger partial charge is 0.290 e. The number of pyridine rings is 1. The molecule has 0 saturated heterocycles. The van der Waals surface area contributed by atoms with E-state index in [1.165, 1.54) is 29.0 Å². The Hall–Kier alpha value is -3.43. The molecule has 2 amide bonds. The normalized spacial score (nSPS) is 10.6. The van der Waals surface area contributed by atoms with Crippen molar-refractivity contribution in [1.29, 1.82) is 0 Å². The van der Waals surface area contributed by atoms with Crippen molar-refractivity contribution in [3.05, 3.63) is 84.2 Å². The van der Waals surface area contributed by atoms with Crippen molar-refractivity contribution in [2.75, 3.05) is 10.0 Å². The van der Waals surface area contributed by atoms with Crippen molar-refractivity contribution in [2.45, 2.75) is 18.4 Å². The number of amides is 2. The van der Waals surface area contributed by atoms with Crippen molar-refractivity contribution in [1.82, 2.24) is 0 Å². The fourth-order valence-electron chi connectivity index (χ4n) is 2.72. The molecule has 3 aromatic rings. The second kappa shape index (κ2) is 10.1. The molecule has 4 N–H and O–H groups in total. The largest absolute Gasteiger partial charge is 1.00 e. The van der Waals surface area contributed by atoms with E-state index in [1.807, 2.05) is 6.92 Å². The number of nitrogens with zero attached hydrogens (tertiary/aromatic N) is 1. The third kappa shape index (κ3) is 6.53. The fraction of sp³-hybridized carbons (Fsp3) is 0.0952. The highest BCUT2D eigenvalue weighted by atomic mass is 35.5. The number of rotatable bonds is 7. The van der Waals surface area contributed by atoms with Crippen LogP contribution in [0.3, 0.4) is 0 Å². The molecule has 0 bridgehead atoms. The molecule has 0 aliphatic rings. The number of benzene rings is 2. The second-order valence-corrected chi connectivity index (χ2v) is 8.36. The first kappa shape index (κ1) is 23.8. The number of nitrogens with two attached hydrogens (primary N) is 1. The lowest BCUT2D eigenvalue weighted by atomic mass is 10.2. The van der Waals surface area contributed by atoms with E-state index in [0.29, 0.717) is 11.4 Å². The average molecular weight is 461 g/mol. The number of hydrogen-bond acceptors (Lipinski definition) is 4. The van der Waals surface area contributed by atoms with E-state index in [4.69, 9.17) is 5.73 Å². The van der Waals surface area contributed by atoms with Crippen LogP contribution in [0.1, 0.15) is 15.9 Å². The summed E-state index contributed by atoms with van der Waals surface area (Å²) >= 11 is 0. The van der Waals surface area contributed by atoms with Crippen LogP contribution >= 0.6 is 0 Å². The van der Waals surface area contributed by atoms with Crippen molar-refractivity contribution in [3.63, 3.8) is 0 Å². The van der Waals surface area contributed by atoms with Gasteiger partial charge in [-0.2, -0.15) is 4.57 Å². The van der Waals surface area contributed by atoms with Gasteiger partial charge in [-0.25, -0.2) is 8.42 Å². The number of anilines is 2. The van der Waals surface area contributed by atoms with Gasteiger partial charge >= 0.3 is 0 Å². The van der Waals surface area contributed by atoms with Gasteiger partial charge < -0.3 is 23.5 Å². The summed E-state index contributed by atoms with van der Waals surface area (Å²) in [5, 5.41) is 2.70. The SMILES string of the molecule is Cc1ccc(S(=O)(=O)Nc2cccc(NC(=O)C[n+]3cccc(C(N)=O)c3)c2)cc1.[Cl-]. The summed E-state index contributed by atoms with van der Waals surface area (Å²) in [5.74, 6) is -0.932. The van der Waals surface area contributed by atoms with Crippen molar-refractivity contribution in [3.8, 4) is 0 Å². The summed E-state index contributed by atoms with van der Waals surface area (Å²) in [6.07, 6.45) is 3.12. The maximum atomic E-state index is 12.5. The predicted octanol–water partition coefficient (Wildman–Crippen LogP) is -1.18. The molecule has 0 saturated carbocycles. The minimum Gasteiger partial charge on any atom is -1.00 e. The van der Waals surface area contributed by atoms with Gasteiger partial charge in [-0.1, -0.05) is 23.8 Å². The zero-order valence-electron chi connectivity index (χ0n) is 16.6. The Bertz CT molecular complexity index is 1200. The highest BCUT2D eigenvalue weighted by Crippen LogP contribution is 2.20. The van der Waals surface area contributed by atoms with Crippen LogP contribution in [0, 0.1) is 6.92 Å². The molecule has 0 radical (unpaired) electrons. The number of carbonyl (C=O) groups is 2. The number of aryl methyl sites for hydroxylation is 1. The zero-order chi connectivity index (χ0) is 21.7. The number of hydrogen-bond donors (Lipinski definition) is 3. The maximum absolute atomic E-state index is 12.5. The van der Waals surface area contributed by atoms with Gasteiger partial charge in [-0.15, -0.1) is 0 Å². The molecule has 1 aromatic heterocycles. The Morgan fingerprint density at radius 1 is 1.00 bits per heavy atom. The standard InChI is InChI=1S/C21H20N4O4S.ClH/c1-15-7-9-19(10-8-15)30(28,29)24-18-6-2-5-17(12-18)23-20(26)14-25-11-3-4-16(13-25)21(22)27;/h2-13,24H,14H2,1H3,(H2-,22,23,26,27);1H. The third-order valence-corrected chi connectivity index (χ3v) is 5.60. The summed E-state index contributed by atoms with van der Waals surface area (Å²) in [6, 6.07) is 16.1. The van der Waals surface area contributed by atoms with Gasteiger partial charge in [0.1, 0.15) is 5.56 Å². The molecule has 162 valence electrons. The molecule has 1 heterocycles. The van der Waals surface area contributed by atoms with E-state index < -0.39 is 15.9 Å². The van der Waals surface area contributed by atoms with E-state index in [2.05, 4.69) is 10.0 Å². The number of primary amides is 1. The van der Waals surface area contributed by atoms with Gasteiger partial charge in [-0.3, -0.25) is 14.3 Å². The van der Waals surface area contributed by atoms with Crippen LogP contribution in [-0.4, -0.2) is 20.2 Å². The monoisotopic (exact) mass is 460 g/mol. The summed E-state index contributed by atoms with van der Waals surface area (Å²) in [4.78, 5) is 23.7. The summed E-state index contributed by atoms with van der Waals surface area (Å²) < 4.78 is 29.1. The molecule has 3 rings (SSSR count). The van der Waals surface area contributed by atoms with Crippen LogP contribution in [0.4, 0.5) is 11.4 Å². The number of halogens is 1. The van der Waals surface area contributed by atoms with Crippen LogP contribution in [0.5, 0.6) is 0 Å². The van der Waals surface area contributed by atoms with E-state index in [1.54, 1.807) is 48.7 Å². The second-order valence-electron chi connectivity index (χ2n) is 6.68. The van der Waals surface area contributed by atoms with Gasteiger partial charge in [0.25, 0.3) is 21.8 Å². The minimum atomic E-state index is -3.75. The van der Waals surface area contributed by atoms with Crippen LogP contribution < -0.4 is 32.7 Å². The highest BCUT2D eigenvalue weighted by Gasteiger charge is 2.15. The zero-order valence-corrected chi connectivity index (χ0v) is 18.2. The predicted molar refractivity (Wildman–Crippen MR) is 112 cm³/mol. The topological polar surface area (TPSA) is 122 Å². The summed E-state index contributed by atoms with van der Waals surface area (Å²) in [6.45, 7) is 1.83. The molecular formula is C21H21ClN4O4S. The van der Waals surface area contributed by atoms with Crippen LogP contribution in [-0.2, 0) is 21.4 Å². The lowest BCUT2D eigenvalue weighted by Gasteiger charge is -2.10. The van der Waals surface area contributed by atoms with Crippen LogP contribution in [0.25, 0.3) is 0 Å². The first-order chi connectivity index (χ1) is 14.2.